The number of nitrogens with zero attached hydrogens (tertiary/aromatic N) is 3. The van der Waals surface area contributed by atoms with Crippen LogP contribution in [0.1, 0.15) is 16.7 Å². The topological polar surface area (TPSA) is 87.1 Å². The van der Waals surface area contributed by atoms with Crippen LogP contribution in [-0.4, -0.2) is 22.2 Å². The number of methoxy groups -OCH3 is 1. The lowest BCUT2D eigenvalue weighted by molar-refractivity contribution is 0.407. The van der Waals surface area contributed by atoms with E-state index in [1.807, 2.05) is 0 Å². The van der Waals surface area contributed by atoms with E-state index in [1.54, 1.807) is 13.3 Å². The van der Waals surface area contributed by atoms with Crippen molar-refractivity contribution in [2.45, 2.75) is 6.04 Å². The van der Waals surface area contributed by atoms with Crippen LogP contribution in [0.25, 0.3) is 0 Å². The van der Waals surface area contributed by atoms with Crippen LogP contribution in [-0.2, 0) is 0 Å². The minimum Gasteiger partial charge on any atom is -0.473 e. The number of hydrogen-bond donors (Lipinski definition) is 1. The maximum Gasteiger partial charge on any atom is 0.273 e. The zero-order valence-electron chi connectivity index (χ0n) is 7.38. The van der Waals surface area contributed by atoms with E-state index in [2.05, 4.69) is 19.6 Å². The van der Waals surface area contributed by atoms with Crippen LogP contribution in [0.5, 0.6) is 5.19 Å². The molecule has 2 N–H and O–H groups in total. The smallest absolute Gasteiger partial charge is 0.273 e. The van der Waals surface area contributed by atoms with Crippen LogP contribution in [0.4, 0.5) is 0 Å². The normalized spacial score (nSPS) is 12.7. The van der Waals surface area contributed by atoms with Gasteiger partial charge in [-0.3, -0.25) is 0 Å². The van der Waals surface area contributed by atoms with Gasteiger partial charge in [-0.25, -0.2) is 4.98 Å². The van der Waals surface area contributed by atoms with Crippen molar-refractivity contribution in [2.75, 3.05) is 7.11 Å². The van der Waals surface area contributed by atoms with E-state index < -0.39 is 6.04 Å². The Labute approximate surface area is 83.7 Å². The Kier molecular flexibility index (Phi) is 2.42. The maximum absolute atomic E-state index is 5.86. The van der Waals surface area contributed by atoms with Gasteiger partial charge in [0.1, 0.15) is 6.04 Å². The fourth-order valence-electron chi connectivity index (χ4n) is 0.951. The number of thiazole rings is 1. The molecular formula is C7H8N4O2S. The average molecular weight is 212 g/mol. The van der Waals surface area contributed by atoms with Crippen molar-refractivity contribution in [1.82, 2.24) is 15.1 Å². The molecule has 2 aromatic rings. The Morgan fingerprint density at radius 3 is 3.00 bits per heavy atom. The molecule has 0 aliphatic carbocycles. The molecule has 0 amide bonds. The Morgan fingerprint density at radius 2 is 2.43 bits per heavy atom. The highest BCUT2D eigenvalue weighted by Crippen LogP contribution is 2.26. The highest BCUT2D eigenvalue weighted by atomic mass is 32.1. The molecule has 7 heteroatoms. The lowest BCUT2D eigenvalue weighted by Crippen LogP contribution is -2.11. The van der Waals surface area contributed by atoms with Gasteiger partial charge >= 0.3 is 0 Å². The molecule has 0 radical (unpaired) electrons. The molecule has 0 aliphatic rings. The van der Waals surface area contributed by atoms with Crippen LogP contribution in [0, 0.1) is 0 Å². The van der Waals surface area contributed by atoms with Gasteiger partial charge in [-0.1, -0.05) is 16.5 Å². The summed E-state index contributed by atoms with van der Waals surface area (Å²) in [6.45, 7) is 0. The molecule has 74 valence electrons. The summed E-state index contributed by atoms with van der Waals surface area (Å²) in [5.74, 6) is 0.441. The molecule has 6 nitrogen and oxygen atoms in total. The summed E-state index contributed by atoms with van der Waals surface area (Å²) in [7, 11) is 1.56. The molecule has 0 bridgehead atoms. The molecule has 0 fully saturated rings. The molecule has 0 spiro atoms. The summed E-state index contributed by atoms with van der Waals surface area (Å²) in [6, 6.07) is -0.407. The van der Waals surface area contributed by atoms with Gasteiger partial charge in [-0.2, -0.15) is 4.98 Å². The SMILES string of the molecule is COc1ncc(C(N)c2ncon2)s1. The van der Waals surface area contributed by atoms with Crippen LogP contribution in [0.15, 0.2) is 17.1 Å². The first-order valence-corrected chi connectivity index (χ1v) is 4.64. The van der Waals surface area contributed by atoms with Crippen molar-refractivity contribution < 1.29 is 9.26 Å². The highest BCUT2D eigenvalue weighted by Gasteiger charge is 2.16. The molecule has 0 aliphatic heterocycles. The first kappa shape index (κ1) is 9.10. The van der Waals surface area contributed by atoms with Crippen molar-refractivity contribution in [2.24, 2.45) is 5.73 Å². The summed E-state index contributed by atoms with van der Waals surface area (Å²) in [4.78, 5) is 8.70. The lowest BCUT2D eigenvalue weighted by Gasteiger charge is -2.00. The zero-order valence-corrected chi connectivity index (χ0v) is 8.19. The first-order valence-electron chi connectivity index (χ1n) is 3.83. The molecule has 1 atom stereocenters. The third-order valence-electron chi connectivity index (χ3n) is 1.64. The van der Waals surface area contributed by atoms with Gasteiger partial charge in [0.05, 0.1) is 12.0 Å². The first-order chi connectivity index (χ1) is 6.81. The lowest BCUT2D eigenvalue weighted by atomic mass is 10.3. The van der Waals surface area contributed by atoms with Crippen molar-refractivity contribution in [3.8, 4) is 5.19 Å². The highest BCUT2D eigenvalue weighted by molar-refractivity contribution is 7.13. The second-order valence-electron chi connectivity index (χ2n) is 2.50. The summed E-state index contributed by atoms with van der Waals surface area (Å²) < 4.78 is 9.55. The number of aromatic nitrogens is 3. The number of ether oxygens (including phenoxy) is 1. The fourth-order valence-corrected chi connectivity index (χ4v) is 1.68. The van der Waals surface area contributed by atoms with Crippen molar-refractivity contribution in [3.63, 3.8) is 0 Å². The molecular weight excluding hydrogens is 204 g/mol. The van der Waals surface area contributed by atoms with E-state index in [4.69, 9.17) is 10.5 Å². The van der Waals surface area contributed by atoms with E-state index in [0.29, 0.717) is 11.0 Å². The average Bonchev–Trinajstić information content (AvgIpc) is 2.88. The van der Waals surface area contributed by atoms with E-state index >= 15 is 0 Å². The quantitative estimate of drug-likeness (QED) is 0.800. The molecule has 14 heavy (non-hydrogen) atoms. The second-order valence-corrected chi connectivity index (χ2v) is 3.52. The van der Waals surface area contributed by atoms with Crippen LogP contribution >= 0.6 is 11.3 Å². The molecule has 0 saturated heterocycles. The molecule has 2 rings (SSSR count). The second kappa shape index (κ2) is 3.72. The van der Waals surface area contributed by atoms with Gasteiger partial charge < -0.3 is 15.0 Å². The Hall–Kier alpha value is -1.47. The van der Waals surface area contributed by atoms with Gasteiger partial charge in [0, 0.05) is 6.20 Å². The predicted molar refractivity (Wildman–Crippen MR) is 49.0 cm³/mol. The monoisotopic (exact) mass is 212 g/mol. The minimum atomic E-state index is -0.407. The summed E-state index contributed by atoms with van der Waals surface area (Å²) in [5, 5.41) is 4.22. The predicted octanol–water partition coefficient (Wildman–Crippen LogP) is 0.583. The van der Waals surface area contributed by atoms with Crippen LogP contribution in [0.2, 0.25) is 0 Å². The maximum atomic E-state index is 5.86. The minimum absolute atomic E-state index is 0.407. The van der Waals surface area contributed by atoms with Gasteiger partial charge in [0.2, 0.25) is 6.39 Å². The van der Waals surface area contributed by atoms with Crippen molar-refractivity contribution in [3.05, 3.63) is 23.3 Å². The molecule has 1 unspecified atom stereocenters. The Balaban J connectivity index is 2.23. The molecule has 0 aromatic carbocycles. The van der Waals surface area contributed by atoms with Crippen molar-refractivity contribution >= 4 is 11.3 Å². The summed E-state index contributed by atoms with van der Waals surface area (Å²) in [6.07, 6.45) is 2.89. The van der Waals surface area contributed by atoms with E-state index in [9.17, 15) is 0 Å². The van der Waals surface area contributed by atoms with Crippen molar-refractivity contribution in [1.29, 1.82) is 0 Å². The van der Waals surface area contributed by atoms with Gasteiger partial charge in [-0.15, -0.1) is 0 Å². The zero-order chi connectivity index (χ0) is 9.97. The number of hydrogen-bond acceptors (Lipinski definition) is 7. The third-order valence-corrected chi connectivity index (χ3v) is 2.68. The third kappa shape index (κ3) is 1.59. The fraction of sp³-hybridized carbons (Fsp3) is 0.286. The number of rotatable bonds is 3. The standard InChI is InChI=1S/C7H8N4O2S/c1-12-7-9-2-4(14-7)5(8)6-10-3-13-11-6/h2-3,5H,8H2,1H3. The molecule has 2 heterocycles. The van der Waals surface area contributed by atoms with Gasteiger partial charge in [0.25, 0.3) is 5.19 Å². The summed E-state index contributed by atoms with van der Waals surface area (Å²) >= 11 is 1.36. The Morgan fingerprint density at radius 1 is 1.57 bits per heavy atom. The van der Waals surface area contributed by atoms with E-state index in [-0.39, 0.29) is 0 Å². The van der Waals surface area contributed by atoms with Crippen LogP contribution < -0.4 is 10.5 Å². The van der Waals surface area contributed by atoms with E-state index in [1.165, 1.54) is 17.7 Å². The number of nitrogens with two attached hydrogens (primary N) is 1. The van der Waals surface area contributed by atoms with Gasteiger partial charge in [-0.05, 0) is 0 Å². The largest absolute Gasteiger partial charge is 0.473 e. The summed E-state index contributed by atoms with van der Waals surface area (Å²) in [5.41, 5.74) is 5.86. The van der Waals surface area contributed by atoms with Gasteiger partial charge in [0.15, 0.2) is 5.82 Å². The Bertz CT molecular complexity index is 399. The van der Waals surface area contributed by atoms with Crippen LogP contribution in [0.3, 0.4) is 0 Å². The molecule has 2 aromatic heterocycles. The van der Waals surface area contributed by atoms with E-state index in [0.717, 1.165) is 4.88 Å². The molecule has 0 saturated carbocycles.